The lowest BCUT2D eigenvalue weighted by Gasteiger charge is -2.09. The molecule has 1 heterocycles. The third-order valence-corrected chi connectivity index (χ3v) is 3.93. The fourth-order valence-corrected chi connectivity index (χ4v) is 2.68. The summed E-state index contributed by atoms with van der Waals surface area (Å²) in [5.74, 6) is 1.31. The summed E-state index contributed by atoms with van der Waals surface area (Å²) in [6.07, 6.45) is 0.927. The predicted octanol–water partition coefficient (Wildman–Crippen LogP) is 2.08. The number of rotatable bonds is 8. The van der Waals surface area contributed by atoms with E-state index in [1.807, 2.05) is 6.92 Å². The third kappa shape index (κ3) is 3.76. The maximum atomic E-state index is 12.4. The number of thioether (sulfide) groups is 1. The molecule has 2 rings (SSSR count). The predicted molar refractivity (Wildman–Crippen MR) is 82.7 cm³/mol. The third-order valence-electron chi connectivity index (χ3n) is 2.97. The van der Waals surface area contributed by atoms with Crippen LogP contribution in [0.2, 0.25) is 0 Å². The summed E-state index contributed by atoms with van der Waals surface area (Å²) in [4.78, 5) is 12.4. The van der Waals surface area contributed by atoms with Gasteiger partial charge in [-0.3, -0.25) is 4.79 Å². The number of carbonyl (C=O) groups excluding carboxylic acids is 1. The fourth-order valence-electron chi connectivity index (χ4n) is 1.89. The summed E-state index contributed by atoms with van der Waals surface area (Å²) in [6.45, 7) is 2.77. The van der Waals surface area contributed by atoms with E-state index < -0.39 is 0 Å². The van der Waals surface area contributed by atoms with Gasteiger partial charge in [0.15, 0.2) is 5.78 Å². The van der Waals surface area contributed by atoms with Crippen LogP contribution in [0.15, 0.2) is 23.4 Å². The Kier molecular flexibility index (Phi) is 5.76. The number of hydrogen-bond donors (Lipinski definition) is 0. The zero-order valence-electron chi connectivity index (χ0n) is 12.8. The Morgan fingerprint density at radius 3 is 2.82 bits per heavy atom. The maximum Gasteiger partial charge on any atom is 0.209 e. The monoisotopic (exact) mass is 322 g/mol. The number of ether oxygens (including phenoxy) is 2. The van der Waals surface area contributed by atoms with Crippen molar-refractivity contribution >= 4 is 17.5 Å². The number of tetrazole rings is 1. The second-order valence-electron chi connectivity index (χ2n) is 4.46. The number of aryl methyl sites for hydroxylation is 1. The molecule has 7 nitrogen and oxygen atoms in total. The SMILES string of the molecule is CCCn1nnnc1SCC(=O)c1cc(OC)ccc1OC. The van der Waals surface area contributed by atoms with Crippen molar-refractivity contribution in [1.29, 1.82) is 0 Å². The number of ketones is 1. The van der Waals surface area contributed by atoms with E-state index in [1.165, 1.54) is 18.9 Å². The van der Waals surface area contributed by atoms with Gasteiger partial charge in [-0.25, -0.2) is 4.68 Å². The first-order valence-electron chi connectivity index (χ1n) is 6.83. The first-order chi connectivity index (χ1) is 10.7. The summed E-state index contributed by atoms with van der Waals surface area (Å²) in [6, 6.07) is 5.15. The van der Waals surface area contributed by atoms with Crippen LogP contribution in [0.5, 0.6) is 11.5 Å². The summed E-state index contributed by atoms with van der Waals surface area (Å²) in [5.41, 5.74) is 0.490. The number of Topliss-reactive ketones (excluding diaryl/α,β-unsaturated/α-hetero) is 1. The van der Waals surface area contributed by atoms with Gasteiger partial charge in [0.2, 0.25) is 5.16 Å². The lowest BCUT2D eigenvalue weighted by atomic mass is 10.1. The first-order valence-corrected chi connectivity index (χ1v) is 7.82. The van der Waals surface area contributed by atoms with E-state index in [1.54, 1.807) is 30.0 Å². The first kappa shape index (κ1) is 16.3. The average molecular weight is 322 g/mol. The average Bonchev–Trinajstić information content (AvgIpc) is 2.99. The summed E-state index contributed by atoms with van der Waals surface area (Å²) < 4.78 is 12.1. The molecule has 1 aromatic heterocycles. The van der Waals surface area contributed by atoms with E-state index in [9.17, 15) is 4.79 Å². The molecule has 1 aromatic carbocycles. The highest BCUT2D eigenvalue weighted by atomic mass is 32.2. The molecule has 0 aliphatic carbocycles. The van der Waals surface area contributed by atoms with Gasteiger partial charge in [0.25, 0.3) is 0 Å². The van der Waals surface area contributed by atoms with Gasteiger partial charge in [0.1, 0.15) is 11.5 Å². The number of carbonyl (C=O) groups is 1. The summed E-state index contributed by atoms with van der Waals surface area (Å²) >= 11 is 1.31. The molecule has 0 fully saturated rings. The molecule has 2 aromatic rings. The van der Waals surface area contributed by atoms with Crippen molar-refractivity contribution in [2.45, 2.75) is 25.0 Å². The van der Waals surface area contributed by atoms with Gasteiger partial charge in [0, 0.05) is 6.54 Å². The van der Waals surface area contributed by atoms with Crippen LogP contribution in [0.3, 0.4) is 0 Å². The van der Waals surface area contributed by atoms with E-state index in [0.717, 1.165) is 13.0 Å². The molecule has 0 radical (unpaired) electrons. The van der Waals surface area contributed by atoms with Crippen molar-refractivity contribution < 1.29 is 14.3 Å². The number of hydrogen-bond acceptors (Lipinski definition) is 7. The van der Waals surface area contributed by atoms with Crippen molar-refractivity contribution in [3.8, 4) is 11.5 Å². The molecule has 0 aliphatic rings. The highest BCUT2D eigenvalue weighted by Crippen LogP contribution is 2.26. The van der Waals surface area contributed by atoms with Gasteiger partial charge in [-0.2, -0.15) is 0 Å². The van der Waals surface area contributed by atoms with Gasteiger partial charge in [-0.1, -0.05) is 18.7 Å². The highest BCUT2D eigenvalue weighted by molar-refractivity contribution is 7.99. The molecule has 22 heavy (non-hydrogen) atoms. The summed E-state index contributed by atoms with van der Waals surface area (Å²) in [7, 11) is 3.09. The second kappa shape index (κ2) is 7.79. The van der Waals surface area contributed by atoms with Crippen molar-refractivity contribution in [2.24, 2.45) is 0 Å². The fraction of sp³-hybridized carbons (Fsp3) is 0.429. The van der Waals surface area contributed by atoms with Crippen LogP contribution in [-0.4, -0.2) is 46.0 Å². The van der Waals surface area contributed by atoms with Gasteiger partial charge in [-0.05, 0) is 35.0 Å². The molecule has 0 saturated carbocycles. The van der Waals surface area contributed by atoms with Crippen molar-refractivity contribution in [2.75, 3.05) is 20.0 Å². The van der Waals surface area contributed by atoms with Crippen molar-refractivity contribution in [3.63, 3.8) is 0 Å². The molecule has 118 valence electrons. The van der Waals surface area contributed by atoms with Gasteiger partial charge < -0.3 is 9.47 Å². The number of nitrogens with zero attached hydrogens (tertiary/aromatic N) is 4. The zero-order chi connectivity index (χ0) is 15.9. The van der Waals surface area contributed by atoms with E-state index in [0.29, 0.717) is 22.2 Å². The minimum Gasteiger partial charge on any atom is -0.497 e. The van der Waals surface area contributed by atoms with E-state index >= 15 is 0 Å². The maximum absolute atomic E-state index is 12.4. The van der Waals surface area contributed by atoms with E-state index in [2.05, 4.69) is 15.5 Å². The van der Waals surface area contributed by atoms with Crippen LogP contribution in [0, 0.1) is 0 Å². The molecule has 0 saturated heterocycles. The van der Waals surface area contributed by atoms with Crippen molar-refractivity contribution in [1.82, 2.24) is 20.2 Å². The molecule has 0 atom stereocenters. The normalized spacial score (nSPS) is 10.5. The molecule has 0 N–H and O–H groups in total. The minimum absolute atomic E-state index is 0.0631. The van der Waals surface area contributed by atoms with Crippen LogP contribution in [0.4, 0.5) is 0 Å². The molecule has 8 heteroatoms. The van der Waals surface area contributed by atoms with E-state index in [4.69, 9.17) is 9.47 Å². The quantitative estimate of drug-likeness (QED) is 0.544. The Morgan fingerprint density at radius 2 is 2.14 bits per heavy atom. The van der Waals surface area contributed by atoms with Crippen LogP contribution < -0.4 is 9.47 Å². The molecule has 0 unspecified atom stereocenters. The van der Waals surface area contributed by atoms with Crippen LogP contribution in [0.1, 0.15) is 23.7 Å². The molecule has 0 spiro atoms. The number of aromatic nitrogens is 4. The van der Waals surface area contributed by atoms with Crippen molar-refractivity contribution in [3.05, 3.63) is 23.8 Å². The molecular weight excluding hydrogens is 304 g/mol. The standard InChI is InChI=1S/C14H18N4O3S/c1-4-7-18-14(15-16-17-18)22-9-12(19)11-8-10(20-2)5-6-13(11)21-3/h5-6,8H,4,7,9H2,1-3H3. The Morgan fingerprint density at radius 1 is 1.32 bits per heavy atom. The van der Waals surface area contributed by atoms with Gasteiger partial charge >= 0.3 is 0 Å². The van der Waals surface area contributed by atoms with Gasteiger partial charge in [-0.15, -0.1) is 5.10 Å². The number of benzene rings is 1. The molecule has 0 aliphatic heterocycles. The van der Waals surface area contributed by atoms with Gasteiger partial charge in [0.05, 0.1) is 25.5 Å². The number of methoxy groups -OCH3 is 2. The largest absolute Gasteiger partial charge is 0.497 e. The van der Waals surface area contributed by atoms with Crippen LogP contribution in [0.25, 0.3) is 0 Å². The lowest BCUT2D eigenvalue weighted by Crippen LogP contribution is -2.07. The zero-order valence-corrected chi connectivity index (χ0v) is 13.6. The van der Waals surface area contributed by atoms with E-state index in [-0.39, 0.29) is 11.5 Å². The Balaban J connectivity index is 2.10. The highest BCUT2D eigenvalue weighted by Gasteiger charge is 2.16. The molecule has 0 bridgehead atoms. The second-order valence-corrected chi connectivity index (χ2v) is 5.41. The topological polar surface area (TPSA) is 79.1 Å². The van der Waals surface area contributed by atoms with Crippen LogP contribution in [-0.2, 0) is 6.54 Å². The Labute approximate surface area is 133 Å². The smallest absolute Gasteiger partial charge is 0.209 e. The lowest BCUT2D eigenvalue weighted by molar-refractivity contribution is 0.101. The Bertz CT molecular complexity index is 645. The Hall–Kier alpha value is -2.09. The summed E-state index contributed by atoms with van der Waals surface area (Å²) in [5, 5.41) is 12.1. The molecular formula is C14H18N4O3S. The van der Waals surface area contributed by atoms with Crippen LogP contribution >= 0.6 is 11.8 Å². The minimum atomic E-state index is -0.0631. The molecule has 0 amide bonds.